The molecule has 0 radical (unpaired) electrons. The molecule has 1 aromatic carbocycles. The van der Waals surface area contributed by atoms with Gasteiger partial charge >= 0.3 is 6.03 Å². The fourth-order valence-corrected chi connectivity index (χ4v) is 3.15. The third-order valence-corrected chi connectivity index (χ3v) is 4.63. The third kappa shape index (κ3) is 2.67. The van der Waals surface area contributed by atoms with Gasteiger partial charge in [0.1, 0.15) is 11.4 Å². The van der Waals surface area contributed by atoms with E-state index in [1.54, 1.807) is 23.1 Å². The van der Waals surface area contributed by atoms with Gasteiger partial charge in [-0.2, -0.15) is 0 Å². The number of imide groups is 1. The number of carbonyl (C=O) groups excluding carboxylic acids is 3. The van der Waals surface area contributed by atoms with Crippen LogP contribution < -0.4 is 5.32 Å². The molecule has 0 aromatic heterocycles. The zero-order valence-electron chi connectivity index (χ0n) is 12.8. The van der Waals surface area contributed by atoms with Crippen LogP contribution in [0.2, 0.25) is 0 Å². The lowest BCUT2D eigenvalue weighted by Crippen LogP contribution is -2.56. The third-order valence-electron chi connectivity index (χ3n) is 4.63. The Morgan fingerprint density at radius 3 is 2.48 bits per heavy atom. The SMILES string of the molecule is CN1C(=O)NC2(CCN(C(=O)Cc3ccccc3F)CC2)C1=O. The highest BCUT2D eigenvalue weighted by atomic mass is 19.1. The van der Waals surface area contributed by atoms with Gasteiger partial charge in [0.15, 0.2) is 0 Å². The van der Waals surface area contributed by atoms with Gasteiger partial charge in [-0.3, -0.25) is 14.5 Å². The fraction of sp³-hybridized carbons (Fsp3) is 0.438. The molecular formula is C16H18FN3O3. The van der Waals surface area contributed by atoms with Crippen molar-refractivity contribution in [3.63, 3.8) is 0 Å². The molecule has 23 heavy (non-hydrogen) atoms. The van der Waals surface area contributed by atoms with Gasteiger partial charge in [0.2, 0.25) is 5.91 Å². The summed E-state index contributed by atoms with van der Waals surface area (Å²) in [6.07, 6.45) is 0.760. The average Bonchev–Trinajstić information content (AvgIpc) is 2.74. The summed E-state index contributed by atoms with van der Waals surface area (Å²) >= 11 is 0. The molecule has 6 nitrogen and oxygen atoms in total. The van der Waals surface area contributed by atoms with E-state index in [1.165, 1.54) is 13.1 Å². The smallest absolute Gasteiger partial charge is 0.324 e. The molecule has 4 amide bonds. The minimum absolute atomic E-state index is 0.000117. The number of hydrogen-bond donors (Lipinski definition) is 1. The van der Waals surface area contributed by atoms with Crippen LogP contribution in [0.4, 0.5) is 9.18 Å². The number of halogens is 1. The maximum Gasteiger partial charge on any atom is 0.324 e. The summed E-state index contributed by atoms with van der Waals surface area (Å²) in [6, 6.07) is 5.80. The number of hydrogen-bond acceptors (Lipinski definition) is 3. The highest BCUT2D eigenvalue weighted by molar-refractivity contribution is 6.06. The molecule has 0 atom stereocenters. The van der Waals surface area contributed by atoms with Crippen molar-refractivity contribution < 1.29 is 18.8 Å². The van der Waals surface area contributed by atoms with E-state index in [0.717, 1.165) is 4.90 Å². The second-order valence-corrected chi connectivity index (χ2v) is 6.03. The van der Waals surface area contributed by atoms with E-state index in [-0.39, 0.29) is 18.2 Å². The van der Waals surface area contributed by atoms with E-state index < -0.39 is 17.4 Å². The molecule has 122 valence electrons. The Balaban J connectivity index is 1.63. The zero-order chi connectivity index (χ0) is 16.6. The van der Waals surface area contributed by atoms with Gasteiger partial charge in [0, 0.05) is 20.1 Å². The number of piperidine rings is 1. The number of likely N-dealkylation sites (N-methyl/N-ethyl adjacent to an activating group) is 1. The molecule has 2 heterocycles. The summed E-state index contributed by atoms with van der Waals surface area (Å²) < 4.78 is 13.6. The van der Waals surface area contributed by atoms with Crippen molar-refractivity contribution in [2.24, 2.45) is 0 Å². The van der Waals surface area contributed by atoms with Gasteiger partial charge in [0.05, 0.1) is 6.42 Å². The lowest BCUT2D eigenvalue weighted by Gasteiger charge is -2.37. The summed E-state index contributed by atoms with van der Waals surface area (Å²) in [6.45, 7) is 0.736. The van der Waals surface area contributed by atoms with E-state index in [2.05, 4.69) is 5.32 Å². The first kappa shape index (κ1) is 15.5. The monoisotopic (exact) mass is 319 g/mol. The molecule has 0 unspecified atom stereocenters. The Bertz CT molecular complexity index is 668. The first-order chi connectivity index (χ1) is 10.9. The van der Waals surface area contributed by atoms with Crippen LogP contribution in [0.5, 0.6) is 0 Å². The number of benzene rings is 1. The van der Waals surface area contributed by atoms with Crippen LogP contribution in [0, 0.1) is 5.82 Å². The predicted octanol–water partition coefficient (Wildman–Crippen LogP) is 0.911. The summed E-state index contributed by atoms with van der Waals surface area (Å²) in [5.74, 6) is -0.812. The molecule has 3 rings (SSSR count). The number of rotatable bonds is 2. The van der Waals surface area contributed by atoms with E-state index in [9.17, 15) is 18.8 Å². The molecular weight excluding hydrogens is 301 g/mol. The van der Waals surface area contributed by atoms with Crippen LogP contribution in [0.15, 0.2) is 24.3 Å². The van der Waals surface area contributed by atoms with Gasteiger partial charge in [-0.05, 0) is 24.5 Å². The van der Waals surface area contributed by atoms with Crippen molar-refractivity contribution in [2.45, 2.75) is 24.8 Å². The molecule has 2 saturated heterocycles. The summed E-state index contributed by atoms with van der Waals surface area (Å²) in [5, 5.41) is 2.73. The number of amides is 4. The Morgan fingerprint density at radius 1 is 1.26 bits per heavy atom. The van der Waals surface area contributed by atoms with Crippen LogP contribution in [0.1, 0.15) is 18.4 Å². The van der Waals surface area contributed by atoms with Gasteiger partial charge < -0.3 is 10.2 Å². The first-order valence-corrected chi connectivity index (χ1v) is 7.54. The molecule has 2 aliphatic rings. The van der Waals surface area contributed by atoms with E-state index >= 15 is 0 Å². The number of likely N-dealkylation sites (tertiary alicyclic amines) is 1. The van der Waals surface area contributed by atoms with E-state index in [4.69, 9.17) is 0 Å². The van der Waals surface area contributed by atoms with Crippen LogP contribution in [-0.4, -0.2) is 53.3 Å². The van der Waals surface area contributed by atoms with Crippen LogP contribution in [0.3, 0.4) is 0 Å². The Hall–Kier alpha value is -2.44. The highest BCUT2D eigenvalue weighted by Gasteiger charge is 2.51. The number of urea groups is 1. The lowest BCUT2D eigenvalue weighted by atomic mass is 9.87. The maximum absolute atomic E-state index is 13.6. The van der Waals surface area contributed by atoms with Crippen molar-refractivity contribution >= 4 is 17.8 Å². The maximum atomic E-state index is 13.6. The second kappa shape index (κ2) is 5.64. The number of nitrogens with one attached hydrogen (secondary N) is 1. The largest absolute Gasteiger partial charge is 0.342 e. The molecule has 7 heteroatoms. The highest BCUT2D eigenvalue weighted by Crippen LogP contribution is 2.29. The van der Waals surface area contributed by atoms with Gasteiger partial charge in [0.25, 0.3) is 5.91 Å². The van der Waals surface area contributed by atoms with Crippen molar-refractivity contribution in [3.8, 4) is 0 Å². The van der Waals surface area contributed by atoms with Gasteiger partial charge in [-0.25, -0.2) is 9.18 Å². The first-order valence-electron chi connectivity index (χ1n) is 7.54. The van der Waals surface area contributed by atoms with Crippen molar-refractivity contribution in [3.05, 3.63) is 35.6 Å². The van der Waals surface area contributed by atoms with Gasteiger partial charge in [-0.15, -0.1) is 0 Å². The zero-order valence-corrected chi connectivity index (χ0v) is 12.8. The summed E-state index contributed by atoms with van der Waals surface area (Å²) in [4.78, 5) is 38.8. The molecule has 2 fully saturated rings. The minimum Gasteiger partial charge on any atom is -0.342 e. The predicted molar refractivity (Wildman–Crippen MR) is 80.0 cm³/mol. The van der Waals surface area contributed by atoms with Gasteiger partial charge in [-0.1, -0.05) is 18.2 Å². The van der Waals surface area contributed by atoms with Crippen molar-refractivity contribution in [1.29, 1.82) is 0 Å². The number of nitrogens with zero attached hydrogens (tertiary/aromatic N) is 2. The minimum atomic E-state index is -0.888. The van der Waals surface area contributed by atoms with Crippen molar-refractivity contribution in [1.82, 2.24) is 15.1 Å². The summed E-state index contributed by atoms with van der Waals surface area (Å²) in [5.41, 5.74) is -0.525. The van der Waals surface area contributed by atoms with E-state index in [1.807, 2.05) is 0 Å². The molecule has 0 saturated carbocycles. The molecule has 0 bridgehead atoms. The average molecular weight is 319 g/mol. The summed E-state index contributed by atoms with van der Waals surface area (Å²) in [7, 11) is 1.45. The standard InChI is InChI=1S/C16H18FN3O3/c1-19-14(22)16(18-15(19)23)6-8-20(9-7-16)13(21)10-11-4-2-3-5-12(11)17/h2-5H,6-10H2,1H3,(H,18,23). The second-order valence-electron chi connectivity index (χ2n) is 6.03. The van der Waals surface area contributed by atoms with Crippen LogP contribution >= 0.6 is 0 Å². The molecule has 1 spiro atoms. The lowest BCUT2D eigenvalue weighted by molar-refractivity contribution is -0.137. The Morgan fingerprint density at radius 2 is 1.91 bits per heavy atom. The fourth-order valence-electron chi connectivity index (χ4n) is 3.15. The molecule has 2 aliphatic heterocycles. The quantitative estimate of drug-likeness (QED) is 0.824. The molecule has 1 N–H and O–H groups in total. The topological polar surface area (TPSA) is 69.7 Å². The Kier molecular flexibility index (Phi) is 3.79. The van der Waals surface area contributed by atoms with Crippen LogP contribution in [-0.2, 0) is 16.0 Å². The number of carbonyl (C=O) groups is 3. The normalized spacial score (nSPS) is 20.1. The van der Waals surface area contributed by atoms with E-state index in [0.29, 0.717) is 31.5 Å². The Labute approximate surface area is 133 Å². The molecule has 1 aromatic rings. The van der Waals surface area contributed by atoms with Crippen molar-refractivity contribution in [2.75, 3.05) is 20.1 Å². The van der Waals surface area contributed by atoms with Crippen LogP contribution in [0.25, 0.3) is 0 Å². The molecule has 0 aliphatic carbocycles.